The van der Waals surface area contributed by atoms with Crippen molar-refractivity contribution in [3.8, 4) is 11.1 Å². The summed E-state index contributed by atoms with van der Waals surface area (Å²) in [6.07, 6.45) is 9.04. The molecule has 0 unspecified atom stereocenters. The van der Waals surface area contributed by atoms with Crippen LogP contribution in [0.25, 0.3) is 17.2 Å². The Balaban J connectivity index is 1.88. The standard InChI is InChI=1S/C17H16N4O3S/c1-20-12-15(10-19-20)14-3-5-16(6-4-14)25(23,24)21-9-8-13(11-21)2-7-17(18)22/h2-12H,1H3,(H2,18,22). The highest BCUT2D eigenvalue weighted by Gasteiger charge is 2.16. The van der Waals surface area contributed by atoms with E-state index in [1.54, 1.807) is 41.2 Å². The quantitative estimate of drug-likeness (QED) is 0.702. The molecule has 3 aromatic rings. The Bertz CT molecular complexity index is 1040. The van der Waals surface area contributed by atoms with Crippen LogP contribution >= 0.6 is 0 Å². The number of carbonyl (C=O) groups is 1. The lowest BCUT2D eigenvalue weighted by Crippen LogP contribution is -2.10. The second-order valence-corrected chi connectivity index (χ2v) is 7.29. The third-order valence-electron chi connectivity index (χ3n) is 3.60. The SMILES string of the molecule is Cn1cc(-c2ccc(S(=O)(=O)n3ccc(C=CC(N)=O)c3)cc2)cn1. The highest BCUT2D eigenvalue weighted by atomic mass is 32.2. The van der Waals surface area contributed by atoms with Crippen molar-refractivity contribution in [2.75, 3.05) is 0 Å². The van der Waals surface area contributed by atoms with E-state index in [2.05, 4.69) is 5.10 Å². The van der Waals surface area contributed by atoms with Gasteiger partial charge in [0.05, 0.1) is 11.1 Å². The van der Waals surface area contributed by atoms with Gasteiger partial charge in [0.15, 0.2) is 0 Å². The van der Waals surface area contributed by atoms with Crippen LogP contribution in [0.4, 0.5) is 0 Å². The first-order valence-electron chi connectivity index (χ1n) is 7.36. The van der Waals surface area contributed by atoms with E-state index in [0.717, 1.165) is 15.1 Å². The largest absolute Gasteiger partial charge is 0.366 e. The van der Waals surface area contributed by atoms with Gasteiger partial charge in [0.25, 0.3) is 10.0 Å². The summed E-state index contributed by atoms with van der Waals surface area (Å²) < 4.78 is 28.1. The molecule has 0 atom stereocenters. The number of aromatic nitrogens is 3. The average molecular weight is 356 g/mol. The molecule has 0 saturated carbocycles. The molecule has 1 amide bonds. The summed E-state index contributed by atoms with van der Waals surface area (Å²) >= 11 is 0. The van der Waals surface area contributed by atoms with Crippen molar-refractivity contribution in [2.24, 2.45) is 12.8 Å². The molecule has 0 saturated heterocycles. The second kappa shape index (κ2) is 6.40. The van der Waals surface area contributed by atoms with Gasteiger partial charge in [0.2, 0.25) is 5.91 Å². The monoisotopic (exact) mass is 356 g/mol. The van der Waals surface area contributed by atoms with Crippen LogP contribution < -0.4 is 5.73 Å². The summed E-state index contributed by atoms with van der Waals surface area (Å²) in [5.74, 6) is -0.596. The molecule has 7 nitrogen and oxygen atoms in total. The number of amides is 1. The highest BCUT2D eigenvalue weighted by Crippen LogP contribution is 2.22. The Morgan fingerprint density at radius 1 is 1.12 bits per heavy atom. The van der Waals surface area contributed by atoms with Gasteiger partial charge in [-0.05, 0) is 35.4 Å². The summed E-state index contributed by atoms with van der Waals surface area (Å²) in [7, 11) is -1.89. The number of carbonyl (C=O) groups excluding carboxylic acids is 1. The molecule has 0 aliphatic heterocycles. The predicted octanol–water partition coefficient (Wildman–Crippen LogP) is 1.62. The first-order chi connectivity index (χ1) is 11.9. The van der Waals surface area contributed by atoms with Crippen LogP contribution in [0, 0.1) is 0 Å². The number of primary amides is 1. The lowest BCUT2D eigenvalue weighted by Gasteiger charge is -2.06. The molecule has 128 valence electrons. The zero-order valence-electron chi connectivity index (χ0n) is 13.4. The van der Waals surface area contributed by atoms with Gasteiger partial charge in [-0.1, -0.05) is 12.1 Å². The van der Waals surface area contributed by atoms with E-state index in [0.29, 0.717) is 5.56 Å². The zero-order valence-corrected chi connectivity index (χ0v) is 14.2. The van der Waals surface area contributed by atoms with E-state index in [9.17, 15) is 13.2 Å². The first kappa shape index (κ1) is 16.7. The van der Waals surface area contributed by atoms with Crippen molar-refractivity contribution in [2.45, 2.75) is 4.90 Å². The van der Waals surface area contributed by atoms with Crippen LogP contribution in [0.2, 0.25) is 0 Å². The normalized spacial score (nSPS) is 11.9. The van der Waals surface area contributed by atoms with Gasteiger partial charge in [-0.2, -0.15) is 5.10 Å². The summed E-state index contributed by atoms with van der Waals surface area (Å²) in [4.78, 5) is 10.9. The van der Waals surface area contributed by atoms with Crippen LogP contribution in [0.3, 0.4) is 0 Å². The van der Waals surface area contributed by atoms with E-state index in [1.165, 1.54) is 24.5 Å². The maximum atomic E-state index is 12.7. The van der Waals surface area contributed by atoms with E-state index >= 15 is 0 Å². The van der Waals surface area contributed by atoms with Crippen LogP contribution in [-0.4, -0.2) is 28.1 Å². The van der Waals surface area contributed by atoms with Crippen LogP contribution in [-0.2, 0) is 21.9 Å². The van der Waals surface area contributed by atoms with Crippen molar-refractivity contribution >= 4 is 22.0 Å². The third-order valence-corrected chi connectivity index (χ3v) is 5.25. The number of nitrogens with two attached hydrogens (primary N) is 1. The highest BCUT2D eigenvalue weighted by molar-refractivity contribution is 7.90. The molecular formula is C17H16N4O3S. The van der Waals surface area contributed by atoms with Gasteiger partial charge >= 0.3 is 0 Å². The average Bonchev–Trinajstić information content (AvgIpc) is 3.22. The number of benzene rings is 1. The Morgan fingerprint density at radius 3 is 2.44 bits per heavy atom. The molecular weight excluding hydrogens is 340 g/mol. The van der Waals surface area contributed by atoms with E-state index in [1.807, 2.05) is 13.2 Å². The molecule has 0 spiro atoms. The first-order valence-corrected chi connectivity index (χ1v) is 8.80. The van der Waals surface area contributed by atoms with E-state index in [-0.39, 0.29) is 4.90 Å². The fraction of sp³-hybridized carbons (Fsp3) is 0.0588. The molecule has 2 heterocycles. The number of hydrogen-bond donors (Lipinski definition) is 1. The van der Waals surface area contributed by atoms with Crippen LogP contribution in [0.5, 0.6) is 0 Å². The minimum atomic E-state index is -3.70. The summed E-state index contributed by atoms with van der Waals surface area (Å²) in [5.41, 5.74) is 7.38. The number of nitrogens with zero attached hydrogens (tertiary/aromatic N) is 3. The molecule has 0 fully saturated rings. The maximum Gasteiger partial charge on any atom is 0.267 e. The molecule has 8 heteroatoms. The number of aryl methyl sites for hydroxylation is 1. The Hall–Kier alpha value is -3.13. The van der Waals surface area contributed by atoms with Crippen LogP contribution in [0.15, 0.2) is 66.1 Å². The maximum absolute atomic E-state index is 12.7. The van der Waals surface area contributed by atoms with Crippen molar-refractivity contribution in [1.29, 1.82) is 0 Å². The minimum absolute atomic E-state index is 0.168. The molecule has 25 heavy (non-hydrogen) atoms. The van der Waals surface area contributed by atoms with Crippen molar-refractivity contribution in [3.05, 3.63) is 66.8 Å². The fourth-order valence-electron chi connectivity index (χ4n) is 2.33. The molecule has 1 aromatic carbocycles. The molecule has 2 aromatic heterocycles. The molecule has 0 bridgehead atoms. The lowest BCUT2D eigenvalue weighted by molar-refractivity contribution is -0.113. The van der Waals surface area contributed by atoms with Crippen molar-refractivity contribution < 1.29 is 13.2 Å². The van der Waals surface area contributed by atoms with Gasteiger partial charge in [-0.15, -0.1) is 0 Å². The molecule has 0 aliphatic rings. The second-order valence-electron chi connectivity index (χ2n) is 5.44. The van der Waals surface area contributed by atoms with Gasteiger partial charge in [0.1, 0.15) is 0 Å². The Labute approximate surface area is 145 Å². The smallest absolute Gasteiger partial charge is 0.267 e. The Kier molecular flexibility index (Phi) is 4.28. The minimum Gasteiger partial charge on any atom is -0.366 e. The predicted molar refractivity (Wildman–Crippen MR) is 93.9 cm³/mol. The molecule has 0 radical (unpaired) electrons. The summed E-state index contributed by atoms with van der Waals surface area (Å²) in [6, 6.07) is 8.16. The van der Waals surface area contributed by atoms with Gasteiger partial charge in [-0.3, -0.25) is 9.48 Å². The van der Waals surface area contributed by atoms with Gasteiger partial charge in [-0.25, -0.2) is 12.4 Å². The van der Waals surface area contributed by atoms with E-state index < -0.39 is 15.9 Å². The third kappa shape index (κ3) is 3.53. The number of hydrogen-bond acceptors (Lipinski definition) is 4. The molecule has 2 N–H and O–H groups in total. The van der Waals surface area contributed by atoms with Crippen molar-refractivity contribution in [1.82, 2.24) is 13.8 Å². The Morgan fingerprint density at radius 2 is 1.84 bits per heavy atom. The number of rotatable bonds is 5. The lowest BCUT2D eigenvalue weighted by atomic mass is 10.1. The van der Waals surface area contributed by atoms with E-state index in [4.69, 9.17) is 5.73 Å². The van der Waals surface area contributed by atoms with Gasteiger partial charge in [0, 0.05) is 37.3 Å². The van der Waals surface area contributed by atoms with Crippen LogP contribution in [0.1, 0.15) is 5.56 Å². The summed E-state index contributed by atoms with van der Waals surface area (Å²) in [6.45, 7) is 0. The van der Waals surface area contributed by atoms with Crippen molar-refractivity contribution in [3.63, 3.8) is 0 Å². The fourth-order valence-corrected chi connectivity index (χ4v) is 3.54. The molecule has 0 aliphatic carbocycles. The summed E-state index contributed by atoms with van der Waals surface area (Å²) in [5, 5.41) is 4.10. The van der Waals surface area contributed by atoms with Gasteiger partial charge < -0.3 is 5.73 Å². The molecule has 3 rings (SSSR count). The zero-order chi connectivity index (χ0) is 18.0. The topological polar surface area (TPSA) is 100.0 Å².